The fourth-order valence-electron chi connectivity index (χ4n) is 1.58. The third-order valence-electron chi connectivity index (χ3n) is 2.44. The Morgan fingerprint density at radius 3 is 2.89 bits per heavy atom. The van der Waals surface area contributed by atoms with Gasteiger partial charge in [-0.3, -0.25) is 0 Å². The molecule has 0 fully saturated rings. The van der Waals surface area contributed by atoms with E-state index >= 15 is 0 Å². The molecule has 0 radical (unpaired) electrons. The van der Waals surface area contributed by atoms with E-state index in [1.807, 2.05) is 30.3 Å². The summed E-state index contributed by atoms with van der Waals surface area (Å²) in [7, 11) is 0. The Kier molecular flexibility index (Phi) is 3.23. The lowest BCUT2D eigenvalue weighted by Crippen LogP contribution is -2.06. The summed E-state index contributed by atoms with van der Waals surface area (Å²) in [6, 6.07) is 9.70. The average Bonchev–Trinajstić information content (AvgIpc) is 3.00. The normalized spacial score (nSPS) is 10.9. The zero-order valence-corrected chi connectivity index (χ0v) is 10.8. The molecule has 19 heavy (non-hydrogen) atoms. The van der Waals surface area contributed by atoms with Crippen LogP contribution in [0.25, 0.3) is 5.78 Å². The van der Waals surface area contributed by atoms with Crippen LogP contribution < -0.4 is 10.6 Å². The van der Waals surface area contributed by atoms with Crippen LogP contribution in [0, 0.1) is 0 Å². The zero-order chi connectivity index (χ0) is 13.1. The SMILES string of the molecule is Nn1cnn2c(SCCOc3ccccc3)nnc12. The molecule has 2 N–H and O–H groups in total. The predicted molar refractivity (Wildman–Crippen MR) is 71.6 cm³/mol. The number of nitrogens with two attached hydrogens (primary N) is 1. The van der Waals surface area contributed by atoms with Gasteiger partial charge in [-0.25, -0.2) is 4.68 Å². The van der Waals surface area contributed by atoms with Crippen molar-refractivity contribution in [1.82, 2.24) is 24.5 Å². The summed E-state index contributed by atoms with van der Waals surface area (Å²) >= 11 is 1.52. The van der Waals surface area contributed by atoms with E-state index in [9.17, 15) is 0 Å². The summed E-state index contributed by atoms with van der Waals surface area (Å²) in [6.45, 7) is 0.590. The molecule has 2 aromatic heterocycles. The molecule has 0 atom stereocenters. The standard InChI is InChI=1S/C11H12N6OS/c12-16-8-13-17-10(16)14-15-11(17)19-7-6-18-9-4-2-1-3-5-9/h1-5,8H,6-7,12H2. The van der Waals surface area contributed by atoms with Gasteiger partial charge in [0.15, 0.2) is 0 Å². The molecule has 0 aliphatic rings. The lowest BCUT2D eigenvalue weighted by molar-refractivity contribution is 0.344. The second kappa shape index (κ2) is 5.19. The van der Waals surface area contributed by atoms with Crippen LogP contribution in [0.3, 0.4) is 0 Å². The minimum Gasteiger partial charge on any atom is -0.493 e. The van der Waals surface area contributed by atoms with Crippen molar-refractivity contribution in [2.24, 2.45) is 0 Å². The van der Waals surface area contributed by atoms with Gasteiger partial charge in [-0.15, -0.1) is 10.2 Å². The third-order valence-corrected chi connectivity index (χ3v) is 3.33. The molecule has 0 saturated carbocycles. The van der Waals surface area contributed by atoms with E-state index in [2.05, 4.69) is 15.3 Å². The number of nitrogens with zero attached hydrogens (tertiary/aromatic N) is 5. The van der Waals surface area contributed by atoms with Gasteiger partial charge >= 0.3 is 0 Å². The second-order valence-corrected chi connectivity index (χ2v) is 4.80. The van der Waals surface area contributed by atoms with Crippen molar-refractivity contribution in [3.63, 3.8) is 0 Å². The maximum atomic E-state index is 5.62. The van der Waals surface area contributed by atoms with E-state index in [0.717, 1.165) is 11.5 Å². The summed E-state index contributed by atoms with van der Waals surface area (Å²) < 4.78 is 8.53. The van der Waals surface area contributed by atoms with Crippen LogP contribution in [0.5, 0.6) is 5.75 Å². The minimum atomic E-state index is 0.520. The van der Waals surface area contributed by atoms with E-state index in [1.165, 1.54) is 22.8 Å². The molecule has 7 nitrogen and oxygen atoms in total. The quantitative estimate of drug-likeness (QED) is 0.422. The summed E-state index contributed by atoms with van der Waals surface area (Å²) in [6.07, 6.45) is 1.49. The highest BCUT2D eigenvalue weighted by Gasteiger charge is 2.09. The van der Waals surface area contributed by atoms with Gasteiger partial charge in [0.05, 0.1) is 6.61 Å². The molecular weight excluding hydrogens is 264 g/mol. The van der Waals surface area contributed by atoms with E-state index in [-0.39, 0.29) is 0 Å². The monoisotopic (exact) mass is 276 g/mol. The Labute approximate surface area is 113 Å². The molecular formula is C11H12N6OS. The van der Waals surface area contributed by atoms with Crippen molar-refractivity contribution in [1.29, 1.82) is 0 Å². The summed E-state index contributed by atoms with van der Waals surface area (Å²) in [4.78, 5) is 0. The fourth-order valence-corrected chi connectivity index (χ4v) is 2.28. The van der Waals surface area contributed by atoms with Gasteiger partial charge in [0, 0.05) is 5.75 Å². The molecule has 0 bridgehead atoms. The van der Waals surface area contributed by atoms with E-state index in [1.54, 1.807) is 4.52 Å². The molecule has 0 aliphatic carbocycles. The summed E-state index contributed by atoms with van der Waals surface area (Å²) in [5, 5.41) is 12.7. The maximum absolute atomic E-state index is 5.62. The van der Waals surface area contributed by atoms with Crippen LogP contribution in [-0.4, -0.2) is 36.8 Å². The van der Waals surface area contributed by atoms with Crippen molar-refractivity contribution >= 4 is 17.5 Å². The van der Waals surface area contributed by atoms with Gasteiger partial charge in [-0.2, -0.15) is 9.61 Å². The number of rotatable bonds is 5. The van der Waals surface area contributed by atoms with Gasteiger partial charge in [0.25, 0.3) is 5.78 Å². The van der Waals surface area contributed by atoms with Crippen LogP contribution in [-0.2, 0) is 0 Å². The van der Waals surface area contributed by atoms with E-state index in [0.29, 0.717) is 17.5 Å². The van der Waals surface area contributed by atoms with Gasteiger partial charge in [0.1, 0.15) is 12.1 Å². The minimum absolute atomic E-state index is 0.520. The number of fused-ring (bicyclic) bond motifs is 1. The molecule has 0 spiro atoms. The van der Waals surface area contributed by atoms with Gasteiger partial charge in [-0.1, -0.05) is 30.0 Å². The Morgan fingerprint density at radius 2 is 2.05 bits per heavy atom. The molecule has 2 heterocycles. The third kappa shape index (κ3) is 2.48. The van der Waals surface area contributed by atoms with Crippen LogP contribution in [0.15, 0.2) is 41.8 Å². The number of hydrogen-bond donors (Lipinski definition) is 1. The Balaban J connectivity index is 1.55. The first-order valence-corrected chi connectivity index (χ1v) is 6.67. The van der Waals surface area contributed by atoms with Crippen molar-refractivity contribution in [3.8, 4) is 5.75 Å². The molecule has 0 saturated heterocycles. The first kappa shape index (κ1) is 11.8. The Bertz CT molecular complexity index is 664. The van der Waals surface area contributed by atoms with E-state index in [4.69, 9.17) is 10.6 Å². The molecule has 8 heteroatoms. The first-order valence-electron chi connectivity index (χ1n) is 5.69. The second-order valence-electron chi connectivity index (χ2n) is 3.74. The van der Waals surface area contributed by atoms with Crippen LogP contribution in [0.4, 0.5) is 0 Å². The number of para-hydroxylation sites is 1. The van der Waals surface area contributed by atoms with E-state index < -0.39 is 0 Å². The molecule has 3 aromatic rings. The average molecular weight is 276 g/mol. The van der Waals surface area contributed by atoms with Gasteiger partial charge in [0.2, 0.25) is 5.16 Å². The van der Waals surface area contributed by atoms with Gasteiger partial charge < -0.3 is 10.6 Å². The fraction of sp³-hybridized carbons (Fsp3) is 0.182. The smallest absolute Gasteiger partial charge is 0.273 e. The Hall–Kier alpha value is -2.22. The number of nitrogen functional groups attached to an aromatic ring is 1. The molecule has 0 amide bonds. The number of thioether (sulfide) groups is 1. The molecule has 0 aliphatic heterocycles. The number of aromatic nitrogens is 5. The van der Waals surface area contributed by atoms with Crippen molar-refractivity contribution < 1.29 is 4.74 Å². The maximum Gasteiger partial charge on any atom is 0.273 e. The Morgan fingerprint density at radius 1 is 1.21 bits per heavy atom. The first-order chi connectivity index (χ1) is 9.34. The van der Waals surface area contributed by atoms with Crippen LogP contribution in [0.1, 0.15) is 0 Å². The molecule has 3 rings (SSSR count). The lowest BCUT2D eigenvalue weighted by atomic mass is 10.3. The van der Waals surface area contributed by atoms with Crippen molar-refractivity contribution in [2.45, 2.75) is 5.16 Å². The highest BCUT2D eigenvalue weighted by atomic mass is 32.2. The van der Waals surface area contributed by atoms with Crippen molar-refractivity contribution in [3.05, 3.63) is 36.7 Å². The topological polar surface area (TPSA) is 83.3 Å². The highest BCUT2D eigenvalue weighted by Crippen LogP contribution is 2.16. The molecule has 98 valence electrons. The predicted octanol–water partition coefficient (Wildman–Crippen LogP) is 0.811. The van der Waals surface area contributed by atoms with Crippen LogP contribution >= 0.6 is 11.8 Å². The number of benzene rings is 1. The van der Waals surface area contributed by atoms with Crippen molar-refractivity contribution in [2.75, 3.05) is 18.2 Å². The molecule has 1 aromatic carbocycles. The number of hydrogen-bond acceptors (Lipinski definition) is 6. The van der Waals surface area contributed by atoms with Gasteiger partial charge in [-0.05, 0) is 12.1 Å². The highest BCUT2D eigenvalue weighted by molar-refractivity contribution is 7.99. The summed E-state index contributed by atoms with van der Waals surface area (Å²) in [5.74, 6) is 7.76. The lowest BCUT2D eigenvalue weighted by Gasteiger charge is -2.04. The summed E-state index contributed by atoms with van der Waals surface area (Å²) in [5.41, 5.74) is 0. The number of ether oxygens (including phenoxy) is 1. The zero-order valence-electron chi connectivity index (χ0n) is 10.0. The largest absolute Gasteiger partial charge is 0.493 e. The molecule has 0 unspecified atom stereocenters. The van der Waals surface area contributed by atoms with Crippen LogP contribution in [0.2, 0.25) is 0 Å².